The third kappa shape index (κ3) is 4.15. The van der Waals surface area contributed by atoms with Crippen LogP contribution in [0.25, 0.3) is 0 Å². The van der Waals surface area contributed by atoms with Gasteiger partial charge in [-0.1, -0.05) is 13.8 Å². The predicted molar refractivity (Wildman–Crippen MR) is 63.8 cm³/mol. The van der Waals surface area contributed by atoms with E-state index >= 15 is 0 Å². The summed E-state index contributed by atoms with van der Waals surface area (Å²) in [7, 11) is 0. The van der Waals surface area contributed by atoms with E-state index < -0.39 is 37.3 Å². The van der Waals surface area contributed by atoms with Crippen LogP contribution in [0.3, 0.4) is 0 Å². The average molecular weight is 264 g/mol. The molecule has 1 heterocycles. The van der Waals surface area contributed by atoms with Crippen molar-refractivity contribution in [3.05, 3.63) is 0 Å². The van der Waals surface area contributed by atoms with Gasteiger partial charge in [-0.2, -0.15) is 0 Å². The second-order valence-corrected chi connectivity index (χ2v) is 5.10. The summed E-state index contributed by atoms with van der Waals surface area (Å²) in [6.07, 6.45) is -4.09. The Kier molecular flexibility index (Phi) is 6.48. The molecule has 1 aliphatic heterocycles. The molecule has 1 fully saturated rings. The normalized spacial score (nSPS) is 37.2. The lowest BCUT2D eigenvalue weighted by Gasteiger charge is -2.39. The highest BCUT2D eigenvalue weighted by atomic mass is 16.7. The first-order chi connectivity index (χ1) is 8.47. The summed E-state index contributed by atoms with van der Waals surface area (Å²) in [5, 5.41) is 37.8. The van der Waals surface area contributed by atoms with Crippen LogP contribution in [0.2, 0.25) is 0 Å². The molecule has 108 valence electrons. The molecule has 4 N–H and O–H groups in total. The fourth-order valence-electron chi connectivity index (χ4n) is 1.90. The van der Waals surface area contributed by atoms with Gasteiger partial charge in [0.25, 0.3) is 0 Å². The first-order valence-electron chi connectivity index (χ1n) is 6.39. The van der Waals surface area contributed by atoms with E-state index in [0.29, 0.717) is 12.5 Å². The monoisotopic (exact) mass is 264 g/mol. The molecule has 18 heavy (non-hydrogen) atoms. The lowest BCUT2D eigenvalue weighted by atomic mass is 9.99. The fourth-order valence-corrected chi connectivity index (χ4v) is 1.90. The van der Waals surface area contributed by atoms with Gasteiger partial charge in [-0.25, -0.2) is 0 Å². The number of aliphatic hydroxyl groups excluding tert-OH is 4. The molecule has 0 bridgehead atoms. The Morgan fingerprint density at radius 1 is 1.11 bits per heavy atom. The van der Waals surface area contributed by atoms with E-state index in [1.807, 2.05) is 0 Å². The molecule has 5 atom stereocenters. The quantitative estimate of drug-likeness (QED) is 0.471. The second kappa shape index (κ2) is 7.37. The molecule has 0 aromatic rings. The van der Waals surface area contributed by atoms with E-state index in [1.165, 1.54) is 0 Å². The first-order valence-corrected chi connectivity index (χ1v) is 6.39. The van der Waals surface area contributed by atoms with Crippen molar-refractivity contribution in [3.8, 4) is 0 Å². The maximum Gasteiger partial charge on any atom is 0.186 e. The Morgan fingerprint density at radius 2 is 1.78 bits per heavy atom. The molecular formula is C12H24O6. The second-order valence-electron chi connectivity index (χ2n) is 5.10. The van der Waals surface area contributed by atoms with Gasteiger partial charge in [0.2, 0.25) is 0 Å². The van der Waals surface area contributed by atoms with Crippen LogP contribution in [-0.4, -0.2) is 64.3 Å². The molecule has 6 heteroatoms. The molecule has 6 nitrogen and oxygen atoms in total. The maximum atomic E-state index is 9.69. The van der Waals surface area contributed by atoms with Crippen molar-refractivity contribution in [1.29, 1.82) is 0 Å². The SMILES string of the molecule is CC(C)CCCOC1OC(CO)C(O)C(O)C1O. The molecule has 1 saturated heterocycles. The molecule has 0 spiro atoms. The smallest absolute Gasteiger partial charge is 0.186 e. The van der Waals surface area contributed by atoms with Gasteiger partial charge in [0.05, 0.1) is 6.61 Å². The number of aliphatic hydroxyl groups is 4. The average Bonchev–Trinajstić information content (AvgIpc) is 2.34. The molecule has 0 radical (unpaired) electrons. The topological polar surface area (TPSA) is 99.4 Å². The Labute approximate surface area is 107 Å². The van der Waals surface area contributed by atoms with E-state index in [2.05, 4.69) is 13.8 Å². The zero-order valence-electron chi connectivity index (χ0n) is 10.9. The Hall–Kier alpha value is -0.240. The Morgan fingerprint density at radius 3 is 2.33 bits per heavy atom. The lowest BCUT2D eigenvalue weighted by molar-refractivity contribution is -0.301. The zero-order chi connectivity index (χ0) is 13.7. The van der Waals surface area contributed by atoms with Gasteiger partial charge in [-0.3, -0.25) is 0 Å². The maximum absolute atomic E-state index is 9.69. The third-order valence-electron chi connectivity index (χ3n) is 3.06. The van der Waals surface area contributed by atoms with Gasteiger partial charge in [0.1, 0.15) is 24.4 Å². The highest BCUT2D eigenvalue weighted by Crippen LogP contribution is 2.22. The van der Waals surface area contributed by atoms with Crippen LogP contribution >= 0.6 is 0 Å². The molecule has 1 aliphatic rings. The van der Waals surface area contributed by atoms with Crippen LogP contribution in [0.1, 0.15) is 26.7 Å². The van der Waals surface area contributed by atoms with Gasteiger partial charge in [0, 0.05) is 6.61 Å². The molecular weight excluding hydrogens is 240 g/mol. The highest BCUT2D eigenvalue weighted by Gasteiger charge is 2.43. The van der Waals surface area contributed by atoms with Crippen molar-refractivity contribution in [1.82, 2.24) is 0 Å². The minimum atomic E-state index is -1.37. The summed E-state index contributed by atoms with van der Waals surface area (Å²) in [5.41, 5.74) is 0. The number of hydrogen-bond donors (Lipinski definition) is 4. The number of hydrogen-bond acceptors (Lipinski definition) is 6. The largest absolute Gasteiger partial charge is 0.394 e. The van der Waals surface area contributed by atoms with Crippen LogP contribution < -0.4 is 0 Å². The third-order valence-corrected chi connectivity index (χ3v) is 3.06. The van der Waals surface area contributed by atoms with Crippen LogP contribution in [0.15, 0.2) is 0 Å². The van der Waals surface area contributed by atoms with Gasteiger partial charge in [-0.15, -0.1) is 0 Å². The highest BCUT2D eigenvalue weighted by molar-refractivity contribution is 4.88. The predicted octanol–water partition coefficient (Wildman–Crippen LogP) is -0.761. The molecule has 0 saturated carbocycles. The summed E-state index contributed by atoms with van der Waals surface area (Å²) in [6.45, 7) is 4.18. The first kappa shape index (κ1) is 15.8. The summed E-state index contributed by atoms with van der Waals surface area (Å²) in [6, 6.07) is 0. The molecule has 5 unspecified atom stereocenters. The fraction of sp³-hybridized carbons (Fsp3) is 1.00. The van der Waals surface area contributed by atoms with Gasteiger partial charge in [-0.05, 0) is 18.8 Å². The Bertz CT molecular complexity index is 233. The van der Waals surface area contributed by atoms with Crippen molar-refractivity contribution < 1.29 is 29.9 Å². The molecule has 0 aliphatic carbocycles. The van der Waals surface area contributed by atoms with Gasteiger partial charge < -0.3 is 29.9 Å². The van der Waals surface area contributed by atoms with E-state index in [9.17, 15) is 15.3 Å². The standard InChI is InChI=1S/C12H24O6/c1-7(2)4-3-5-17-12-11(16)10(15)9(14)8(6-13)18-12/h7-16H,3-6H2,1-2H3. The van der Waals surface area contributed by atoms with Crippen LogP contribution in [0.4, 0.5) is 0 Å². The van der Waals surface area contributed by atoms with E-state index in [4.69, 9.17) is 14.6 Å². The number of ether oxygens (including phenoxy) is 2. The van der Waals surface area contributed by atoms with Crippen molar-refractivity contribution >= 4 is 0 Å². The van der Waals surface area contributed by atoms with Crippen LogP contribution in [-0.2, 0) is 9.47 Å². The van der Waals surface area contributed by atoms with Crippen LogP contribution in [0.5, 0.6) is 0 Å². The van der Waals surface area contributed by atoms with Crippen molar-refractivity contribution in [2.24, 2.45) is 5.92 Å². The van der Waals surface area contributed by atoms with Gasteiger partial charge in [0.15, 0.2) is 6.29 Å². The van der Waals surface area contributed by atoms with Crippen molar-refractivity contribution in [3.63, 3.8) is 0 Å². The number of rotatable bonds is 6. The van der Waals surface area contributed by atoms with E-state index in [0.717, 1.165) is 12.8 Å². The molecule has 1 rings (SSSR count). The van der Waals surface area contributed by atoms with E-state index in [-0.39, 0.29) is 0 Å². The molecule has 0 amide bonds. The molecule has 0 aromatic heterocycles. The summed E-state index contributed by atoms with van der Waals surface area (Å²) in [4.78, 5) is 0. The molecule has 0 aromatic carbocycles. The summed E-state index contributed by atoms with van der Waals surface area (Å²) in [5.74, 6) is 0.573. The Balaban J connectivity index is 2.39. The van der Waals surface area contributed by atoms with Crippen molar-refractivity contribution in [2.75, 3.05) is 13.2 Å². The summed E-state index contributed by atoms with van der Waals surface area (Å²) < 4.78 is 10.5. The lowest BCUT2D eigenvalue weighted by Crippen LogP contribution is -2.59. The zero-order valence-corrected chi connectivity index (χ0v) is 10.9. The minimum absolute atomic E-state index is 0.404. The minimum Gasteiger partial charge on any atom is -0.394 e. The van der Waals surface area contributed by atoms with Crippen molar-refractivity contribution in [2.45, 2.75) is 57.4 Å². The van der Waals surface area contributed by atoms with E-state index in [1.54, 1.807) is 0 Å². The van der Waals surface area contributed by atoms with Gasteiger partial charge >= 0.3 is 0 Å². The van der Waals surface area contributed by atoms with Crippen LogP contribution in [0, 0.1) is 5.92 Å². The summed E-state index contributed by atoms with van der Waals surface area (Å²) >= 11 is 0.